The van der Waals surface area contributed by atoms with Crippen molar-refractivity contribution in [3.63, 3.8) is 0 Å². The molecular formula is C14H24O2. The van der Waals surface area contributed by atoms with E-state index < -0.39 is 0 Å². The molecule has 0 N–H and O–H groups in total. The van der Waals surface area contributed by atoms with Crippen molar-refractivity contribution in [1.82, 2.24) is 0 Å². The maximum absolute atomic E-state index is 11.2. The zero-order chi connectivity index (χ0) is 12.2. The van der Waals surface area contributed by atoms with Gasteiger partial charge in [-0.1, -0.05) is 25.2 Å². The van der Waals surface area contributed by atoms with Gasteiger partial charge >= 0.3 is 5.97 Å². The van der Waals surface area contributed by atoms with Gasteiger partial charge in [0.1, 0.15) is 0 Å². The average Bonchev–Trinajstić information content (AvgIpc) is 2.31. The van der Waals surface area contributed by atoms with E-state index in [4.69, 9.17) is 4.74 Å². The molecule has 0 saturated carbocycles. The van der Waals surface area contributed by atoms with Crippen molar-refractivity contribution in [2.45, 2.75) is 52.9 Å². The van der Waals surface area contributed by atoms with Gasteiger partial charge in [-0.2, -0.15) is 0 Å². The lowest BCUT2D eigenvalue weighted by Crippen LogP contribution is -2.06. The van der Waals surface area contributed by atoms with Crippen LogP contribution in [0.5, 0.6) is 0 Å². The first-order valence-corrected chi connectivity index (χ1v) is 6.17. The van der Waals surface area contributed by atoms with E-state index in [9.17, 15) is 4.79 Å². The number of hydrogen-bond donors (Lipinski definition) is 0. The largest absolute Gasteiger partial charge is 0.462 e. The predicted octanol–water partition coefficient (Wildman–Crippen LogP) is 4.02. The molecule has 0 unspecified atom stereocenters. The summed E-state index contributed by atoms with van der Waals surface area (Å²) < 4.78 is 5.10. The van der Waals surface area contributed by atoms with Crippen molar-refractivity contribution in [2.24, 2.45) is 0 Å². The Balaban J connectivity index is 3.34. The molecule has 0 radical (unpaired) electrons. The molecule has 0 fully saturated rings. The number of rotatable bonds is 8. The minimum absolute atomic E-state index is 0.187. The summed E-state index contributed by atoms with van der Waals surface area (Å²) in [7, 11) is 0. The topological polar surface area (TPSA) is 26.3 Å². The van der Waals surface area contributed by atoms with Crippen LogP contribution in [0.3, 0.4) is 0 Å². The van der Waals surface area contributed by atoms with E-state index in [0.717, 1.165) is 25.7 Å². The molecule has 0 aromatic heterocycles. The monoisotopic (exact) mass is 224 g/mol. The third-order valence-corrected chi connectivity index (χ3v) is 2.41. The maximum atomic E-state index is 11.2. The summed E-state index contributed by atoms with van der Waals surface area (Å²) in [6, 6.07) is 0. The summed E-state index contributed by atoms with van der Waals surface area (Å²) >= 11 is 0. The van der Waals surface area contributed by atoms with Gasteiger partial charge in [-0.15, -0.1) is 0 Å². The zero-order valence-corrected chi connectivity index (χ0v) is 10.8. The van der Waals surface area contributed by atoms with Gasteiger partial charge in [-0.3, -0.25) is 0 Å². The zero-order valence-electron chi connectivity index (χ0n) is 10.8. The predicted molar refractivity (Wildman–Crippen MR) is 68.3 cm³/mol. The van der Waals surface area contributed by atoms with E-state index in [1.165, 1.54) is 6.42 Å². The molecule has 0 aromatic rings. The normalized spacial score (nSPS) is 12.1. The Hall–Kier alpha value is -1.05. The second-order valence-corrected chi connectivity index (χ2v) is 3.84. The molecule has 0 saturated heterocycles. The van der Waals surface area contributed by atoms with Crippen molar-refractivity contribution in [3.05, 3.63) is 23.8 Å². The Morgan fingerprint density at radius 2 is 1.94 bits per heavy atom. The number of allylic oxidation sites excluding steroid dienone is 3. The van der Waals surface area contributed by atoms with Crippen LogP contribution in [0.2, 0.25) is 0 Å². The summed E-state index contributed by atoms with van der Waals surface area (Å²) in [5, 5.41) is 0. The SMILES string of the molecule is C/C=C(\C)C(=O)OCCCCC/C=C\CC. The second-order valence-electron chi connectivity index (χ2n) is 3.84. The third-order valence-electron chi connectivity index (χ3n) is 2.41. The Morgan fingerprint density at radius 1 is 1.19 bits per heavy atom. The van der Waals surface area contributed by atoms with Crippen LogP contribution in [-0.2, 0) is 9.53 Å². The fourth-order valence-corrected chi connectivity index (χ4v) is 1.22. The maximum Gasteiger partial charge on any atom is 0.333 e. The average molecular weight is 224 g/mol. The Morgan fingerprint density at radius 3 is 2.56 bits per heavy atom. The van der Waals surface area contributed by atoms with Crippen molar-refractivity contribution in [2.75, 3.05) is 6.61 Å². The number of carbonyl (C=O) groups is 1. The molecular weight excluding hydrogens is 200 g/mol. The molecule has 2 nitrogen and oxygen atoms in total. The van der Waals surface area contributed by atoms with Gasteiger partial charge in [0.25, 0.3) is 0 Å². The van der Waals surface area contributed by atoms with Crippen LogP contribution < -0.4 is 0 Å². The van der Waals surface area contributed by atoms with Crippen molar-refractivity contribution in [3.8, 4) is 0 Å². The lowest BCUT2D eigenvalue weighted by Gasteiger charge is -2.03. The first-order chi connectivity index (χ1) is 7.72. The van der Waals surface area contributed by atoms with E-state index in [0.29, 0.717) is 12.2 Å². The van der Waals surface area contributed by atoms with Gasteiger partial charge in [-0.25, -0.2) is 4.79 Å². The number of hydrogen-bond acceptors (Lipinski definition) is 2. The first-order valence-electron chi connectivity index (χ1n) is 6.17. The first kappa shape index (κ1) is 14.9. The lowest BCUT2D eigenvalue weighted by atomic mass is 10.2. The molecule has 0 bridgehead atoms. The van der Waals surface area contributed by atoms with Gasteiger partial charge in [0.2, 0.25) is 0 Å². The molecule has 0 rings (SSSR count). The molecule has 0 aliphatic carbocycles. The highest BCUT2D eigenvalue weighted by Gasteiger charge is 2.02. The molecule has 0 heterocycles. The van der Waals surface area contributed by atoms with Crippen LogP contribution in [0.15, 0.2) is 23.8 Å². The molecule has 0 amide bonds. The van der Waals surface area contributed by atoms with Crippen LogP contribution in [0.1, 0.15) is 52.9 Å². The van der Waals surface area contributed by atoms with Crippen LogP contribution in [0.4, 0.5) is 0 Å². The van der Waals surface area contributed by atoms with Crippen LogP contribution >= 0.6 is 0 Å². The Bertz CT molecular complexity index is 239. The molecule has 0 atom stereocenters. The van der Waals surface area contributed by atoms with Crippen molar-refractivity contribution >= 4 is 5.97 Å². The summed E-state index contributed by atoms with van der Waals surface area (Å²) in [5.41, 5.74) is 0.686. The van der Waals surface area contributed by atoms with E-state index in [1.807, 2.05) is 6.92 Å². The number of unbranched alkanes of at least 4 members (excludes halogenated alkanes) is 3. The smallest absolute Gasteiger partial charge is 0.333 e. The Kier molecular flexibility index (Phi) is 9.78. The quantitative estimate of drug-likeness (QED) is 0.269. The Labute approximate surface area is 99.4 Å². The van der Waals surface area contributed by atoms with Crippen molar-refractivity contribution in [1.29, 1.82) is 0 Å². The van der Waals surface area contributed by atoms with E-state index in [2.05, 4.69) is 19.1 Å². The molecule has 0 aliphatic rings. The standard InChI is InChI=1S/C14H24O2/c1-4-6-7-8-9-10-11-12-16-14(15)13(3)5-2/h5-7H,4,8-12H2,1-3H3/b7-6-,13-5+. The fourth-order valence-electron chi connectivity index (χ4n) is 1.22. The minimum atomic E-state index is -0.187. The summed E-state index contributed by atoms with van der Waals surface area (Å²) in [4.78, 5) is 11.2. The highest BCUT2D eigenvalue weighted by molar-refractivity contribution is 5.87. The fraction of sp³-hybridized carbons (Fsp3) is 0.643. The van der Waals surface area contributed by atoms with E-state index in [-0.39, 0.29) is 5.97 Å². The third kappa shape index (κ3) is 8.27. The van der Waals surface area contributed by atoms with E-state index in [1.54, 1.807) is 13.0 Å². The molecule has 92 valence electrons. The van der Waals surface area contributed by atoms with Gasteiger partial charge < -0.3 is 4.74 Å². The summed E-state index contributed by atoms with van der Waals surface area (Å²) in [6.07, 6.45) is 11.7. The summed E-state index contributed by atoms with van der Waals surface area (Å²) in [6.45, 7) is 6.30. The van der Waals surface area contributed by atoms with Crippen molar-refractivity contribution < 1.29 is 9.53 Å². The van der Waals surface area contributed by atoms with Crippen LogP contribution in [0, 0.1) is 0 Å². The highest BCUT2D eigenvalue weighted by Crippen LogP contribution is 2.03. The van der Waals surface area contributed by atoms with Gasteiger partial charge in [0.15, 0.2) is 0 Å². The number of carbonyl (C=O) groups excluding carboxylic acids is 1. The van der Waals surface area contributed by atoms with Crippen LogP contribution in [-0.4, -0.2) is 12.6 Å². The lowest BCUT2D eigenvalue weighted by molar-refractivity contribution is -0.139. The molecule has 0 aromatic carbocycles. The van der Waals surface area contributed by atoms with Gasteiger partial charge in [-0.05, 0) is 46.0 Å². The molecule has 16 heavy (non-hydrogen) atoms. The van der Waals surface area contributed by atoms with E-state index >= 15 is 0 Å². The second kappa shape index (κ2) is 10.5. The minimum Gasteiger partial charge on any atom is -0.462 e. The molecule has 2 heteroatoms. The molecule has 0 aliphatic heterocycles. The highest BCUT2D eigenvalue weighted by atomic mass is 16.5. The number of ether oxygens (including phenoxy) is 1. The summed E-state index contributed by atoms with van der Waals surface area (Å²) in [5.74, 6) is -0.187. The van der Waals surface area contributed by atoms with Crippen LogP contribution in [0.25, 0.3) is 0 Å². The molecule has 0 spiro atoms. The number of esters is 1. The van der Waals surface area contributed by atoms with Gasteiger partial charge in [0, 0.05) is 5.57 Å². The van der Waals surface area contributed by atoms with Gasteiger partial charge in [0.05, 0.1) is 6.61 Å².